The molecule has 34 heavy (non-hydrogen) atoms. The quantitative estimate of drug-likeness (QED) is 0.453. The van der Waals surface area contributed by atoms with Crippen LogP contribution in [0.1, 0.15) is 36.3 Å². The van der Waals surface area contributed by atoms with Gasteiger partial charge in [0.25, 0.3) is 0 Å². The number of likely N-dealkylation sites (N-methyl/N-ethyl adjacent to an activating group) is 1. The molecule has 0 saturated heterocycles. The van der Waals surface area contributed by atoms with Crippen LogP contribution in [0.3, 0.4) is 0 Å². The van der Waals surface area contributed by atoms with Gasteiger partial charge in [0.05, 0.1) is 11.6 Å². The first-order valence-corrected chi connectivity index (χ1v) is 11.1. The van der Waals surface area contributed by atoms with E-state index in [2.05, 4.69) is 15.2 Å². The fourth-order valence-corrected chi connectivity index (χ4v) is 5.05. The van der Waals surface area contributed by atoms with E-state index in [1.165, 1.54) is 24.7 Å². The summed E-state index contributed by atoms with van der Waals surface area (Å²) in [6.45, 7) is 0. The molecule has 4 rings (SSSR count). The Morgan fingerprint density at radius 3 is 2.56 bits per heavy atom. The molecule has 1 aliphatic rings. The van der Waals surface area contributed by atoms with Crippen LogP contribution in [0.25, 0.3) is 10.9 Å². The number of carbonyl (C=O) groups excluding carboxylic acids is 1. The lowest BCUT2D eigenvalue weighted by atomic mass is 9.71. The summed E-state index contributed by atoms with van der Waals surface area (Å²) >= 11 is 0. The monoisotopic (exact) mass is 477 g/mol. The van der Waals surface area contributed by atoms with Crippen LogP contribution in [0.15, 0.2) is 42.9 Å². The maximum Gasteiger partial charge on any atom is 0.395 e. The van der Waals surface area contributed by atoms with Crippen LogP contribution in [0.2, 0.25) is 0 Å². The molecule has 0 aliphatic heterocycles. The number of nitrogens with two attached hydrogens (primary N) is 1. The van der Waals surface area contributed by atoms with Gasteiger partial charge in [-0.1, -0.05) is 6.07 Å². The molecule has 3 aromatic rings. The molecule has 1 amide bonds. The summed E-state index contributed by atoms with van der Waals surface area (Å²) in [7, 11) is 3.57. The number of primary amides is 1. The van der Waals surface area contributed by atoms with Crippen molar-refractivity contribution in [3.63, 3.8) is 0 Å². The van der Waals surface area contributed by atoms with Crippen molar-refractivity contribution in [3.8, 4) is 0 Å². The molecule has 2 aromatic heterocycles. The van der Waals surface area contributed by atoms with E-state index in [-0.39, 0.29) is 30.8 Å². The third kappa shape index (κ3) is 4.51. The highest BCUT2D eigenvalue weighted by Crippen LogP contribution is 2.67. The van der Waals surface area contributed by atoms with Crippen molar-refractivity contribution in [1.82, 2.24) is 20.1 Å². The van der Waals surface area contributed by atoms with Crippen LogP contribution in [-0.2, 0) is 11.2 Å². The summed E-state index contributed by atoms with van der Waals surface area (Å²) in [5.41, 5.74) is 5.04. The number of hydrogen-bond acceptors (Lipinski definition) is 4. The molecular formula is C24H27F4N5O. The Hall–Kier alpha value is -3.01. The second-order valence-corrected chi connectivity index (χ2v) is 9.40. The molecule has 1 saturated carbocycles. The first-order chi connectivity index (χ1) is 16.0. The number of fused-ring (bicyclic) bond motifs is 1. The zero-order valence-electron chi connectivity index (χ0n) is 18.9. The summed E-state index contributed by atoms with van der Waals surface area (Å²) in [5.74, 6) is -3.47. The lowest BCUT2D eigenvalue weighted by Crippen LogP contribution is -2.43. The lowest BCUT2D eigenvalue weighted by molar-refractivity contribution is -0.198. The molecule has 1 aliphatic carbocycles. The van der Waals surface area contributed by atoms with Crippen molar-refractivity contribution in [2.45, 2.75) is 43.8 Å². The zero-order valence-corrected chi connectivity index (χ0v) is 18.9. The molecule has 6 nitrogen and oxygen atoms in total. The molecule has 3 atom stereocenters. The molecular weight excluding hydrogens is 450 g/mol. The minimum absolute atomic E-state index is 0.0607. The Balaban J connectivity index is 1.69. The van der Waals surface area contributed by atoms with Crippen molar-refractivity contribution >= 4 is 16.8 Å². The molecule has 0 bridgehead atoms. The highest BCUT2D eigenvalue weighted by Gasteiger charge is 2.69. The molecule has 0 spiro atoms. The summed E-state index contributed by atoms with van der Waals surface area (Å²) in [6.07, 6.45) is 0.194. The van der Waals surface area contributed by atoms with Crippen molar-refractivity contribution in [2.24, 2.45) is 17.1 Å². The minimum atomic E-state index is -4.48. The highest BCUT2D eigenvalue weighted by atomic mass is 19.4. The van der Waals surface area contributed by atoms with Crippen molar-refractivity contribution < 1.29 is 22.4 Å². The van der Waals surface area contributed by atoms with Gasteiger partial charge in [0.15, 0.2) is 0 Å². The van der Waals surface area contributed by atoms with E-state index in [1.54, 1.807) is 32.3 Å². The van der Waals surface area contributed by atoms with E-state index in [9.17, 15) is 22.4 Å². The Morgan fingerprint density at radius 2 is 2.00 bits per heavy atom. The Bertz CT molecular complexity index is 1160. The van der Waals surface area contributed by atoms with E-state index in [0.717, 1.165) is 0 Å². The average molecular weight is 478 g/mol. The number of rotatable bonds is 9. The van der Waals surface area contributed by atoms with Crippen LogP contribution in [0.4, 0.5) is 17.6 Å². The van der Waals surface area contributed by atoms with Gasteiger partial charge in [0.1, 0.15) is 11.3 Å². The molecule has 3 N–H and O–H groups in total. The number of halogens is 4. The number of nitrogens with one attached hydrogen (secondary N) is 1. The number of benzene rings is 1. The SMILES string of the molecule is CN(C)[C@H](Cc1cc(F)c2[nH]ncc2c1)CC(C(N)=O)C(c1cccnc1)C1(C(F)(F)F)CC1. The van der Waals surface area contributed by atoms with E-state index in [1.807, 2.05) is 4.90 Å². The Kier molecular flexibility index (Phi) is 6.37. The van der Waals surface area contributed by atoms with Gasteiger partial charge in [-0.3, -0.25) is 14.9 Å². The normalized spacial score (nSPS) is 18.1. The fraction of sp³-hybridized carbons (Fsp3) is 0.458. The fourth-order valence-electron chi connectivity index (χ4n) is 5.05. The van der Waals surface area contributed by atoms with Crippen LogP contribution in [-0.4, -0.2) is 52.3 Å². The predicted octanol–water partition coefficient (Wildman–Crippen LogP) is 4.19. The van der Waals surface area contributed by atoms with Gasteiger partial charge in [-0.25, -0.2) is 4.39 Å². The van der Waals surface area contributed by atoms with Gasteiger partial charge in [0.2, 0.25) is 5.91 Å². The predicted molar refractivity (Wildman–Crippen MR) is 119 cm³/mol. The maximum absolute atomic E-state index is 14.5. The molecule has 2 heterocycles. The van der Waals surface area contributed by atoms with Gasteiger partial charge in [0, 0.05) is 35.7 Å². The average Bonchev–Trinajstić information content (AvgIpc) is 3.43. The number of aromatic nitrogens is 3. The highest BCUT2D eigenvalue weighted by molar-refractivity contribution is 5.79. The van der Waals surface area contributed by atoms with Gasteiger partial charge in [-0.05, 0) is 69.1 Å². The standard InChI is InChI=1S/C24H27F4N5O/c1-33(2)17(9-14-8-16-13-31-32-21(16)19(25)10-14)11-18(22(29)34)20(15-4-3-7-30-12-15)23(5-6-23)24(26,27)28/h3-4,7-8,10,12-13,17-18,20H,5-6,9,11H2,1-2H3,(H2,29,34)(H,31,32)/t17-,18?,20?/m1/s1. The number of amides is 1. The van der Waals surface area contributed by atoms with Gasteiger partial charge >= 0.3 is 6.18 Å². The summed E-state index contributed by atoms with van der Waals surface area (Å²) in [5, 5.41) is 7.05. The van der Waals surface area contributed by atoms with E-state index < -0.39 is 35.2 Å². The lowest BCUT2D eigenvalue weighted by Gasteiger charge is -2.37. The van der Waals surface area contributed by atoms with Crippen LogP contribution < -0.4 is 5.73 Å². The second-order valence-electron chi connectivity index (χ2n) is 9.40. The summed E-state index contributed by atoms with van der Waals surface area (Å²) in [4.78, 5) is 18.5. The van der Waals surface area contributed by atoms with Gasteiger partial charge < -0.3 is 10.6 Å². The number of carbonyl (C=O) groups is 1. The third-order valence-electron chi connectivity index (χ3n) is 7.05. The Labute approximate surface area is 194 Å². The molecule has 1 fully saturated rings. The first-order valence-electron chi connectivity index (χ1n) is 11.1. The molecule has 0 radical (unpaired) electrons. The molecule has 2 unspecified atom stereocenters. The topological polar surface area (TPSA) is 87.9 Å². The zero-order chi connectivity index (χ0) is 24.7. The van der Waals surface area contributed by atoms with Crippen LogP contribution in [0, 0.1) is 17.2 Å². The minimum Gasteiger partial charge on any atom is -0.369 e. The van der Waals surface area contributed by atoms with Crippen LogP contribution in [0.5, 0.6) is 0 Å². The van der Waals surface area contributed by atoms with Crippen LogP contribution >= 0.6 is 0 Å². The van der Waals surface area contributed by atoms with Crippen molar-refractivity contribution in [1.29, 1.82) is 0 Å². The number of pyridine rings is 1. The van der Waals surface area contributed by atoms with E-state index in [4.69, 9.17) is 5.73 Å². The number of H-pyrrole nitrogens is 1. The molecule has 1 aromatic carbocycles. The van der Waals surface area contributed by atoms with Crippen molar-refractivity contribution in [3.05, 3.63) is 59.8 Å². The largest absolute Gasteiger partial charge is 0.395 e. The van der Waals surface area contributed by atoms with Gasteiger partial charge in [-0.2, -0.15) is 18.3 Å². The molecule has 182 valence electrons. The number of alkyl halides is 3. The van der Waals surface area contributed by atoms with E-state index >= 15 is 0 Å². The second kappa shape index (κ2) is 8.98. The summed E-state index contributed by atoms with van der Waals surface area (Å²) < 4.78 is 57.2. The van der Waals surface area contributed by atoms with E-state index in [0.29, 0.717) is 22.9 Å². The number of nitrogens with zero attached hydrogens (tertiary/aromatic N) is 3. The Morgan fingerprint density at radius 1 is 1.26 bits per heavy atom. The maximum atomic E-state index is 14.5. The first kappa shape index (κ1) is 24.1. The van der Waals surface area contributed by atoms with Crippen molar-refractivity contribution in [2.75, 3.05) is 14.1 Å². The third-order valence-corrected chi connectivity index (χ3v) is 7.05. The number of hydrogen-bond donors (Lipinski definition) is 2. The van der Waals surface area contributed by atoms with Gasteiger partial charge in [-0.15, -0.1) is 0 Å². The smallest absolute Gasteiger partial charge is 0.369 e. The number of aromatic amines is 1. The molecule has 10 heteroatoms. The summed E-state index contributed by atoms with van der Waals surface area (Å²) in [6, 6.07) is 5.96.